The number of piperidine rings is 1. The number of aromatic nitrogens is 1. The molecule has 2 aliphatic heterocycles. The Hall–Kier alpha value is -2.61. The van der Waals surface area contributed by atoms with Gasteiger partial charge in [0.25, 0.3) is 5.91 Å². The van der Waals surface area contributed by atoms with Crippen molar-refractivity contribution in [2.45, 2.75) is 53.4 Å². The maximum Gasteiger partial charge on any atom is 0.277 e. The first kappa shape index (κ1) is 23.1. The Kier molecular flexibility index (Phi) is 5.62. The van der Waals surface area contributed by atoms with Crippen molar-refractivity contribution in [3.8, 4) is 11.5 Å². The zero-order chi connectivity index (χ0) is 24.3. The Balaban J connectivity index is 1.23. The molecular formula is C26H33N3O4S. The smallest absolute Gasteiger partial charge is 0.277 e. The third-order valence-corrected chi connectivity index (χ3v) is 9.40. The molecule has 3 heterocycles. The Morgan fingerprint density at radius 2 is 1.79 bits per heavy atom. The topological polar surface area (TPSA) is 72.0 Å². The van der Waals surface area contributed by atoms with Crippen LogP contribution in [0, 0.1) is 16.7 Å². The average Bonchev–Trinajstić information content (AvgIpc) is 3.32. The standard InChI is InChI=1S/C26H33N3O4S/c1-6-29(17-7-8-19-20(13-17)33-15-32-19)23(30)18-14-34-22(27-18)16-9-11-28(12-10-16)24(31)21-25(2,3)26(21,4)5/h7-8,13-14,16,21H,6,9-12,15H2,1-5H3. The van der Waals surface area contributed by atoms with Crippen LogP contribution in [0.3, 0.4) is 0 Å². The van der Waals surface area contributed by atoms with Crippen LogP contribution in [0.15, 0.2) is 23.6 Å². The lowest BCUT2D eigenvalue weighted by atomic mass is 9.96. The number of thiazole rings is 1. The van der Waals surface area contributed by atoms with Crippen LogP contribution in [0.4, 0.5) is 5.69 Å². The first-order valence-corrected chi connectivity index (χ1v) is 13.0. The monoisotopic (exact) mass is 483 g/mol. The van der Waals surface area contributed by atoms with Gasteiger partial charge in [0, 0.05) is 48.6 Å². The van der Waals surface area contributed by atoms with Crippen LogP contribution in [0.2, 0.25) is 0 Å². The lowest BCUT2D eigenvalue weighted by molar-refractivity contribution is -0.134. The van der Waals surface area contributed by atoms with Gasteiger partial charge in [-0.1, -0.05) is 27.7 Å². The molecule has 0 spiro atoms. The van der Waals surface area contributed by atoms with Gasteiger partial charge in [-0.25, -0.2) is 4.98 Å². The highest BCUT2D eigenvalue weighted by Gasteiger charge is 2.68. The molecule has 2 amide bonds. The number of amides is 2. The van der Waals surface area contributed by atoms with Crippen LogP contribution in [0.1, 0.15) is 68.9 Å². The highest BCUT2D eigenvalue weighted by Crippen LogP contribution is 2.68. The van der Waals surface area contributed by atoms with Crippen molar-refractivity contribution in [1.82, 2.24) is 9.88 Å². The van der Waals surface area contributed by atoms with Crippen LogP contribution in [-0.2, 0) is 4.79 Å². The summed E-state index contributed by atoms with van der Waals surface area (Å²) in [5, 5.41) is 2.85. The average molecular weight is 484 g/mol. The van der Waals surface area contributed by atoms with Gasteiger partial charge in [0.15, 0.2) is 11.5 Å². The molecule has 2 fully saturated rings. The van der Waals surface area contributed by atoms with E-state index >= 15 is 0 Å². The number of rotatable bonds is 5. The number of likely N-dealkylation sites (tertiary alicyclic amines) is 1. The number of carbonyl (C=O) groups is 2. The quantitative estimate of drug-likeness (QED) is 0.603. The van der Waals surface area contributed by atoms with Crippen LogP contribution in [0.25, 0.3) is 0 Å². The van der Waals surface area contributed by atoms with Gasteiger partial charge < -0.3 is 19.3 Å². The summed E-state index contributed by atoms with van der Waals surface area (Å²) in [5.41, 5.74) is 1.37. The summed E-state index contributed by atoms with van der Waals surface area (Å²) < 4.78 is 10.8. The van der Waals surface area contributed by atoms with E-state index in [2.05, 4.69) is 27.7 Å². The molecule has 0 radical (unpaired) electrons. The summed E-state index contributed by atoms with van der Waals surface area (Å²) in [7, 11) is 0. The van der Waals surface area contributed by atoms with Crippen LogP contribution >= 0.6 is 11.3 Å². The number of carbonyl (C=O) groups excluding carboxylic acids is 2. The summed E-state index contributed by atoms with van der Waals surface area (Å²) in [6.45, 7) is 13.0. The van der Waals surface area contributed by atoms with Crippen molar-refractivity contribution in [3.05, 3.63) is 34.3 Å². The molecule has 0 atom stereocenters. The van der Waals surface area contributed by atoms with E-state index in [1.165, 1.54) is 0 Å². The van der Waals surface area contributed by atoms with Crippen molar-refractivity contribution in [2.24, 2.45) is 16.7 Å². The maximum absolute atomic E-state index is 13.3. The van der Waals surface area contributed by atoms with E-state index in [0.29, 0.717) is 29.6 Å². The highest BCUT2D eigenvalue weighted by atomic mass is 32.1. The van der Waals surface area contributed by atoms with Gasteiger partial charge in [0.2, 0.25) is 12.7 Å². The van der Waals surface area contributed by atoms with Crippen LogP contribution < -0.4 is 14.4 Å². The van der Waals surface area contributed by atoms with Gasteiger partial charge in [0.1, 0.15) is 5.69 Å². The molecule has 3 aliphatic rings. The van der Waals surface area contributed by atoms with Crippen LogP contribution in [0.5, 0.6) is 11.5 Å². The van der Waals surface area contributed by atoms with Crippen molar-refractivity contribution < 1.29 is 19.1 Å². The summed E-state index contributed by atoms with van der Waals surface area (Å²) >= 11 is 1.55. The Labute approximate surface area is 205 Å². The predicted octanol–water partition coefficient (Wildman–Crippen LogP) is 4.93. The van der Waals surface area contributed by atoms with Crippen molar-refractivity contribution in [2.75, 3.05) is 31.3 Å². The fourth-order valence-electron chi connectivity index (χ4n) is 5.55. The zero-order valence-corrected chi connectivity index (χ0v) is 21.4. The summed E-state index contributed by atoms with van der Waals surface area (Å²) in [6, 6.07) is 5.54. The molecule has 7 nitrogen and oxygen atoms in total. The molecule has 1 saturated heterocycles. The van der Waals surface area contributed by atoms with E-state index in [1.807, 2.05) is 35.4 Å². The lowest BCUT2D eigenvalue weighted by Crippen LogP contribution is -2.40. The minimum atomic E-state index is -0.116. The van der Waals surface area contributed by atoms with Gasteiger partial charge in [-0.2, -0.15) is 0 Å². The molecule has 1 aromatic carbocycles. The van der Waals surface area contributed by atoms with Gasteiger partial charge in [-0.3, -0.25) is 9.59 Å². The zero-order valence-electron chi connectivity index (χ0n) is 20.6. The third kappa shape index (κ3) is 3.67. The number of fused-ring (bicyclic) bond motifs is 1. The first-order valence-electron chi connectivity index (χ1n) is 12.1. The SMILES string of the molecule is CCN(C(=O)c1csc(C2CCN(C(=O)C3C(C)(C)C3(C)C)CC2)n1)c1ccc2c(c1)OCO2. The fraction of sp³-hybridized carbons (Fsp3) is 0.577. The number of hydrogen-bond donors (Lipinski definition) is 0. The third-order valence-electron chi connectivity index (χ3n) is 8.39. The normalized spacial score (nSPS) is 20.9. The molecule has 34 heavy (non-hydrogen) atoms. The molecule has 1 aliphatic carbocycles. The molecule has 8 heteroatoms. The summed E-state index contributed by atoms with van der Waals surface area (Å²) in [6.07, 6.45) is 1.78. The van der Waals surface area contributed by atoms with Crippen molar-refractivity contribution >= 4 is 28.8 Å². The largest absolute Gasteiger partial charge is 0.454 e. The summed E-state index contributed by atoms with van der Waals surface area (Å²) in [4.78, 5) is 34.8. The molecule has 5 rings (SSSR count). The number of nitrogens with zero attached hydrogens (tertiary/aromatic N) is 3. The maximum atomic E-state index is 13.3. The Bertz CT molecular complexity index is 1100. The second-order valence-electron chi connectivity index (χ2n) is 10.6. The van der Waals surface area contributed by atoms with E-state index in [-0.39, 0.29) is 35.4 Å². The molecule has 0 bridgehead atoms. The van der Waals surface area contributed by atoms with E-state index in [4.69, 9.17) is 14.5 Å². The molecule has 1 saturated carbocycles. The fourth-order valence-corrected chi connectivity index (χ4v) is 6.52. The van der Waals surface area contributed by atoms with E-state index in [1.54, 1.807) is 16.2 Å². The van der Waals surface area contributed by atoms with Gasteiger partial charge in [-0.05, 0) is 42.7 Å². The molecule has 0 unspecified atom stereocenters. The molecule has 182 valence electrons. The van der Waals surface area contributed by atoms with Crippen molar-refractivity contribution in [1.29, 1.82) is 0 Å². The van der Waals surface area contributed by atoms with E-state index < -0.39 is 0 Å². The number of anilines is 1. The van der Waals surface area contributed by atoms with Crippen molar-refractivity contribution in [3.63, 3.8) is 0 Å². The van der Waals surface area contributed by atoms with Crippen LogP contribution in [-0.4, -0.2) is 48.1 Å². The number of ether oxygens (including phenoxy) is 2. The Morgan fingerprint density at radius 3 is 2.44 bits per heavy atom. The molecule has 0 N–H and O–H groups in total. The van der Waals surface area contributed by atoms with E-state index in [9.17, 15) is 9.59 Å². The Morgan fingerprint density at radius 1 is 1.12 bits per heavy atom. The predicted molar refractivity (Wildman–Crippen MR) is 132 cm³/mol. The summed E-state index contributed by atoms with van der Waals surface area (Å²) in [5.74, 6) is 1.93. The highest BCUT2D eigenvalue weighted by molar-refractivity contribution is 7.10. The molecular weight excluding hydrogens is 450 g/mol. The molecule has 2 aromatic rings. The van der Waals surface area contributed by atoms with Gasteiger partial charge in [0.05, 0.1) is 5.01 Å². The van der Waals surface area contributed by atoms with E-state index in [0.717, 1.165) is 36.6 Å². The van der Waals surface area contributed by atoms with Gasteiger partial charge >= 0.3 is 0 Å². The second kappa shape index (κ2) is 8.26. The first-order chi connectivity index (χ1) is 16.1. The second-order valence-corrected chi connectivity index (χ2v) is 11.5. The molecule has 1 aromatic heterocycles. The lowest BCUT2D eigenvalue weighted by Gasteiger charge is -2.32. The minimum Gasteiger partial charge on any atom is -0.454 e. The number of hydrogen-bond acceptors (Lipinski definition) is 6. The van der Waals surface area contributed by atoms with Gasteiger partial charge in [-0.15, -0.1) is 11.3 Å². The number of benzene rings is 1. The minimum absolute atomic E-state index is 0.0641.